The van der Waals surface area contributed by atoms with Gasteiger partial charge in [0.1, 0.15) is 0 Å². The molecular formula is C14H17N3O2S2. The number of hydrogen-bond acceptors (Lipinski definition) is 5. The number of pyridine rings is 1. The molecule has 112 valence electrons. The number of hydrogen-bond donors (Lipinski definition) is 1. The number of thiophene rings is 1. The average molecular weight is 323 g/mol. The largest absolute Gasteiger partial charge is 0.326 e. The molecule has 2 N–H and O–H groups in total. The molecule has 0 radical (unpaired) electrons. The maximum absolute atomic E-state index is 12.8. The lowest BCUT2D eigenvalue weighted by Crippen LogP contribution is -2.38. The van der Waals surface area contributed by atoms with Crippen molar-refractivity contribution in [2.75, 3.05) is 6.54 Å². The Bertz CT molecular complexity index is 738. The fourth-order valence-corrected chi connectivity index (χ4v) is 5.11. The van der Waals surface area contributed by atoms with Crippen molar-refractivity contribution in [1.82, 2.24) is 9.29 Å². The van der Waals surface area contributed by atoms with Crippen LogP contribution in [0.15, 0.2) is 34.8 Å². The van der Waals surface area contributed by atoms with Gasteiger partial charge in [0.15, 0.2) is 5.03 Å². The molecule has 0 bridgehead atoms. The molecule has 1 atom stereocenters. The second-order valence-electron chi connectivity index (χ2n) is 5.05. The van der Waals surface area contributed by atoms with E-state index in [0.29, 0.717) is 13.1 Å². The fraction of sp³-hybridized carbons (Fsp3) is 0.357. The van der Waals surface area contributed by atoms with E-state index < -0.39 is 10.0 Å². The SMILES string of the molecule is CC1c2ccsc2CCN1S(=O)(=O)c1ccc(CN)cn1. The van der Waals surface area contributed by atoms with Gasteiger partial charge in [0.2, 0.25) is 0 Å². The summed E-state index contributed by atoms with van der Waals surface area (Å²) in [6, 6.07) is 5.11. The molecule has 1 unspecified atom stereocenters. The Morgan fingerprint density at radius 3 is 2.90 bits per heavy atom. The summed E-state index contributed by atoms with van der Waals surface area (Å²) in [5.74, 6) is 0. The molecule has 0 saturated carbocycles. The van der Waals surface area contributed by atoms with Crippen molar-refractivity contribution in [3.63, 3.8) is 0 Å². The molecule has 5 nitrogen and oxygen atoms in total. The number of aromatic nitrogens is 1. The highest BCUT2D eigenvalue weighted by molar-refractivity contribution is 7.89. The Kier molecular flexibility index (Phi) is 3.83. The topological polar surface area (TPSA) is 76.3 Å². The van der Waals surface area contributed by atoms with E-state index in [2.05, 4.69) is 4.98 Å². The molecule has 1 aliphatic rings. The first-order valence-electron chi connectivity index (χ1n) is 6.77. The Morgan fingerprint density at radius 1 is 1.43 bits per heavy atom. The van der Waals surface area contributed by atoms with Gasteiger partial charge in [-0.1, -0.05) is 6.07 Å². The first kappa shape index (κ1) is 14.6. The minimum absolute atomic E-state index is 0.0882. The third kappa shape index (κ3) is 2.50. The summed E-state index contributed by atoms with van der Waals surface area (Å²) in [6.45, 7) is 2.78. The highest BCUT2D eigenvalue weighted by Gasteiger charge is 2.35. The Hall–Kier alpha value is -1.28. The van der Waals surface area contributed by atoms with E-state index in [-0.39, 0.29) is 11.1 Å². The molecule has 0 aliphatic carbocycles. The zero-order valence-corrected chi connectivity index (χ0v) is 13.3. The van der Waals surface area contributed by atoms with E-state index in [9.17, 15) is 8.42 Å². The predicted octanol–water partition coefficient (Wildman–Crippen LogP) is 1.91. The van der Waals surface area contributed by atoms with Crippen molar-refractivity contribution < 1.29 is 8.42 Å². The van der Waals surface area contributed by atoms with Crippen LogP contribution in [-0.2, 0) is 23.0 Å². The van der Waals surface area contributed by atoms with Gasteiger partial charge in [-0.3, -0.25) is 0 Å². The van der Waals surface area contributed by atoms with Crippen molar-refractivity contribution in [1.29, 1.82) is 0 Å². The van der Waals surface area contributed by atoms with Crippen molar-refractivity contribution in [2.24, 2.45) is 5.73 Å². The molecule has 0 aromatic carbocycles. The lowest BCUT2D eigenvalue weighted by molar-refractivity contribution is 0.328. The quantitative estimate of drug-likeness (QED) is 0.936. The van der Waals surface area contributed by atoms with Gasteiger partial charge >= 0.3 is 0 Å². The van der Waals surface area contributed by atoms with Crippen molar-refractivity contribution in [3.8, 4) is 0 Å². The van der Waals surface area contributed by atoms with Gasteiger partial charge in [-0.05, 0) is 42.0 Å². The molecule has 0 fully saturated rings. The van der Waals surface area contributed by atoms with Gasteiger partial charge in [0, 0.05) is 30.2 Å². The number of sulfonamides is 1. The zero-order valence-electron chi connectivity index (χ0n) is 11.7. The maximum Gasteiger partial charge on any atom is 0.261 e. The van der Waals surface area contributed by atoms with Crippen LogP contribution in [0.2, 0.25) is 0 Å². The lowest BCUT2D eigenvalue weighted by Gasteiger charge is -2.32. The molecule has 3 rings (SSSR count). The van der Waals surface area contributed by atoms with Gasteiger partial charge in [-0.2, -0.15) is 4.31 Å². The minimum atomic E-state index is -3.57. The van der Waals surface area contributed by atoms with E-state index in [4.69, 9.17) is 5.73 Å². The number of nitrogens with zero attached hydrogens (tertiary/aromatic N) is 2. The van der Waals surface area contributed by atoms with E-state index in [1.807, 2.05) is 18.4 Å². The Labute approximate surface area is 128 Å². The summed E-state index contributed by atoms with van der Waals surface area (Å²) in [5, 5.41) is 2.11. The average Bonchev–Trinajstić information content (AvgIpc) is 2.97. The van der Waals surface area contributed by atoms with Crippen LogP contribution >= 0.6 is 11.3 Å². The smallest absolute Gasteiger partial charge is 0.261 e. The second kappa shape index (κ2) is 5.49. The third-order valence-electron chi connectivity index (χ3n) is 3.83. The minimum Gasteiger partial charge on any atom is -0.326 e. The first-order valence-corrected chi connectivity index (χ1v) is 9.09. The summed E-state index contributed by atoms with van der Waals surface area (Å²) in [6.07, 6.45) is 2.29. The molecule has 7 heteroatoms. The summed E-state index contributed by atoms with van der Waals surface area (Å²) in [5.41, 5.74) is 7.44. The highest BCUT2D eigenvalue weighted by atomic mass is 32.2. The van der Waals surface area contributed by atoms with Crippen LogP contribution in [-0.4, -0.2) is 24.3 Å². The van der Waals surface area contributed by atoms with E-state index in [1.165, 1.54) is 21.4 Å². The number of nitrogens with two attached hydrogens (primary N) is 1. The van der Waals surface area contributed by atoms with E-state index in [1.54, 1.807) is 17.4 Å². The van der Waals surface area contributed by atoms with Crippen molar-refractivity contribution >= 4 is 21.4 Å². The fourth-order valence-electron chi connectivity index (χ4n) is 2.62. The lowest BCUT2D eigenvalue weighted by atomic mass is 10.0. The summed E-state index contributed by atoms with van der Waals surface area (Å²) in [7, 11) is -3.57. The van der Waals surface area contributed by atoms with Gasteiger partial charge in [-0.25, -0.2) is 13.4 Å². The molecule has 3 heterocycles. The van der Waals surface area contributed by atoms with Gasteiger partial charge < -0.3 is 5.73 Å². The van der Waals surface area contributed by atoms with Crippen molar-refractivity contribution in [3.05, 3.63) is 45.8 Å². The van der Waals surface area contributed by atoms with E-state index >= 15 is 0 Å². The van der Waals surface area contributed by atoms with E-state index in [0.717, 1.165) is 17.5 Å². The third-order valence-corrected chi connectivity index (χ3v) is 6.71. The van der Waals surface area contributed by atoms with Crippen LogP contribution in [0.5, 0.6) is 0 Å². The van der Waals surface area contributed by atoms with Gasteiger partial charge in [0.05, 0.1) is 0 Å². The van der Waals surface area contributed by atoms with Crippen LogP contribution in [0.25, 0.3) is 0 Å². The van der Waals surface area contributed by atoms with Gasteiger partial charge in [-0.15, -0.1) is 11.3 Å². The van der Waals surface area contributed by atoms with Crippen molar-refractivity contribution in [2.45, 2.75) is 31.0 Å². The molecule has 2 aromatic rings. The monoisotopic (exact) mass is 323 g/mol. The molecule has 21 heavy (non-hydrogen) atoms. The van der Waals surface area contributed by atoms with Gasteiger partial charge in [0.25, 0.3) is 10.0 Å². The maximum atomic E-state index is 12.8. The summed E-state index contributed by atoms with van der Waals surface area (Å²) in [4.78, 5) is 5.35. The molecule has 0 saturated heterocycles. The first-order chi connectivity index (χ1) is 10.0. The van der Waals surface area contributed by atoms with Crippen LogP contribution in [0, 0.1) is 0 Å². The van der Waals surface area contributed by atoms with Crippen LogP contribution in [0.1, 0.15) is 29.0 Å². The zero-order chi connectivity index (χ0) is 15.0. The second-order valence-corrected chi connectivity index (χ2v) is 7.89. The Balaban J connectivity index is 1.95. The van der Waals surface area contributed by atoms with Crippen LogP contribution in [0.4, 0.5) is 0 Å². The predicted molar refractivity (Wildman–Crippen MR) is 82.5 cm³/mol. The van der Waals surface area contributed by atoms with Crippen LogP contribution in [0.3, 0.4) is 0 Å². The Morgan fingerprint density at radius 2 is 2.24 bits per heavy atom. The molecule has 1 aliphatic heterocycles. The number of fused-ring (bicyclic) bond motifs is 1. The normalized spacial score (nSPS) is 19.4. The molecular weight excluding hydrogens is 306 g/mol. The summed E-state index contributed by atoms with van der Waals surface area (Å²) < 4.78 is 27.1. The molecule has 0 amide bonds. The molecule has 2 aromatic heterocycles. The number of rotatable bonds is 3. The van der Waals surface area contributed by atoms with Crippen LogP contribution < -0.4 is 5.73 Å². The standard InChI is InChI=1S/C14H17N3O2S2/c1-10-12-5-7-20-13(12)4-6-17(10)21(18,19)14-3-2-11(8-15)9-16-14/h2-3,5,7,9-10H,4,6,8,15H2,1H3. The summed E-state index contributed by atoms with van der Waals surface area (Å²) >= 11 is 1.69. The molecule has 0 spiro atoms. The highest BCUT2D eigenvalue weighted by Crippen LogP contribution is 2.35.